The molecule has 0 bridgehead atoms. The molecular formula is C34H58O4. The first-order valence-corrected chi connectivity index (χ1v) is 15.0. The number of carbonyl (C=O) groups is 2. The lowest BCUT2D eigenvalue weighted by atomic mass is 9.98. The van der Waals surface area contributed by atoms with Crippen molar-refractivity contribution in [2.75, 3.05) is 14.2 Å². The van der Waals surface area contributed by atoms with Gasteiger partial charge in [-0.2, -0.15) is 0 Å². The van der Waals surface area contributed by atoms with Crippen molar-refractivity contribution in [2.45, 2.75) is 143 Å². The van der Waals surface area contributed by atoms with E-state index in [9.17, 15) is 9.59 Å². The van der Waals surface area contributed by atoms with Gasteiger partial charge in [0.05, 0.1) is 14.2 Å². The lowest BCUT2D eigenvalue weighted by Crippen LogP contribution is -1.99. The van der Waals surface area contributed by atoms with Crippen molar-refractivity contribution in [1.29, 1.82) is 0 Å². The minimum atomic E-state index is -0.0980. The van der Waals surface area contributed by atoms with Gasteiger partial charge in [-0.15, -0.1) is 0 Å². The molecule has 0 aromatic heterocycles. The van der Waals surface area contributed by atoms with Crippen LogP contribution in [-0.4, -0.2) is 26.2 Å². The van der Waals surface area contributed by atoms with E-state index in [-0.39, 0.29) is 11.9 Å². The third-order valence-corrected chi connectivity index (χ3v) is 6.78. The van der Waals surface area contributed by atoms with Gasteiger partial charge in [-0.25, -0.2) is 0 Å². The molecule has 0 aliphatic rings. The zero-order valence-corrected chi connectivity index (χ0v) is 25.7. The van der Waals surface area contributed by atoms with Crippen molar-refractivity contribution in [3.63, 3.8) is 0 Å². The van der Waals surface area contributed by atoms with Gasteiger partial charge in [-0.05, 0) is 105 Å². The van der Waals surface area contributed by atoms with Gasteiger partial charge in [-0.3, -0.25) is 9.59 Å². The first-order valence-electron chi connectivity index (χ1n) is 15.0. The Morgan fingerprint density at radius 3 is 1.11 bits per heavy atom. The number of esters is 2. The van der Waals surface area contributed by atoms with E-state index in [1.165, 1.54) is 51.0 Å². The zero-order chi connectivity index (χ0) is 28.4. The van der Waals surface area contributed by atoms with Crippen molar-refractivity contribution < 1.29 is 19.1 Å². The Bertz CT molecular complexity index is 682. The van der Waals surface area contributed by atoms with Crippen LogP contribution in [0.1, 0.15) is 143 Å². The molecule has 0 aliphatic heterocycles. The molecule has 0 aromatic rings. The number of ether oxygens (including phenoxy) is 2. The second-order valence-electron chi connectivity index (χ2n) is 10.9. The molecule has 4 heteroatoms. The quantitative estimate of drug-likeness (QED) is 0.0749. The molecule has 0 N–H and O–H groups in total. The summed E-state index contributed by atoms with van der Waals surface area (Å²) >= 11 is 0. The van der Waals surface area contributed by atoms with Crippen LogP contribution in [0, 0.1) is 0 Å². The van der Waals surface area contributed by atoms with Gasteiger partial charge in [0, 0.05) is 12.8 Å². The highest BCUT2D eigenvalue weighted by Gasteiger charge is 2.03. The normalized spacial score (nSPS) is 11.7. The second-order valence-corrected chi connectivity index (χ2v) is 10.9. The summed E-state index contributed by atoms with van der Waals surface area (Å²) in [5, 5.41) is 0. The molecule has 0 aromatic carbocycles. The Balaban J connectivity index is 4.76. The molecule has 0 unspecified atom stereocenters. The van der Waals surface area contributed by atoms with Crippen LogP contribution in [0.2, 0.25) is 0 Å². The van der Waals surface area contributed by atoms with Crippen LogP contribution < -0.4 is 0 Å². The smallest absolute Gasteiger partial charge is 0.305 e. The minimum Gasteiger partial charge on any atom is -0.469 e. The summed E-state index contributed by atoms with van der Waals surface area (Å²) in [5.74, 6) is -0.196. The second kappa shape index (κ2) is 25.2. The first kappa shape index (κ1) is 35.9. The predicted octanol–water partition coefficient (Wildman–Crippen LogP) is 10.1. The van der Waals surface area contributed by atoms with E-state index in [2.05, 4.69) is 52.0 Å². The van der Waals surface area contributed by atoms with Gasteiger partial charge < -0.3 is 9.47 Å². The highest BCUT2D eigenvalue weighted by atomic mass is 16.5. The van der Waals surface area contributed by atoms with E-state index < -0.39 is 0 Å². The number of allylic oxidation sites excluding steroid dienone is 8. The highest BCUT2D eigenvalue weighted by molar-refractivity contribution is 5.69. The Morgan fingerprint density at radius 2 is 0.789 bits per heavy atom. The third-order valence-electron chi connectivity index (χ3n) is 6.78. The third kappa shape index (κ3) is 24.2. The molecule has 0 heterocycles. The van der Waals surface area contributed by atoms with Gasteiger partial charge in [-0.1, -0.05) is 72.3 Å². The van der Waals surface area contributed by atoms with E-state index in [0.717, 1.165) is 77.0 Å². The fourth-order valence-corrected chi connectivity index (χ4v) is 4.48. The molecule has 0 atom stereocenters. The molecule has 0 saturated carbocycles. The fourth-order valence-electron chi connectivity index (χ4n) is 4.48. The average molecular weight is 531 g/mol. The van der Waals surface area contributed by atoms with Crippen molar-refractivity contribution >= 4 is 11.9 Å². The summed E-state index contributed by atoms with van der Waals surface area (Å²) in [6.07, 6.45) is 28.6. The maximum Gasteiger partial charge on any atom is 0.305 e. The first-order chi connectivity index (χ1) is 18.3. The van der Waals surface area contributed by atoms with Gasteiger partial charge in [0.1, 0.15) is 0 Å². The summed E-state index contributed by atoms with van der Waals surface area (Å²) in [6.45, 7) is 8.69. The molecule has 0 fully saturated rings. The number of unbranched alkanes of at least 4 members (excludes halogenated alkanes) is 7. The lowest BCUT2D eigenvalue weighted by molar-refractivity contribution is -0.141. The maximum atomic E-state index is 11.3. The zero-order valence-electron chi connectivity index (χ0n) is 25.7. The summed E-state index contributed by atoms with van der Waals surface area (Å²) in [4.78, 5) is 22.6. The summed E-state index contributed by atoms with van der Waals surface area (Å²) in [7, 11) is 2.92. The van der Waals surface area contributed by atoms with Crippen LogP contribution in [0.25, 0.3) is 0 Å². The molecule has 0 saturated heterocycles. The van der Waals surface area contributed by atoms with E-state index in [0.29, 0.717) is 12.8 Å². The molecule has 0 rings (SSSR count). The molecule has 0 amide bonds. The largest absolute Gasteiger partial charge is 0.469 e. The highest BCUT2D eigenvalue weighted by Crippen LogP contribution is 2.21. The van der Waals surface area contributed by atoms with E-state index in [1.54, 1.807) is 11.1 Å². The SMILES string of the molecule is COC(=O)CCCCCCC(=CCCC=C(CCC=C(C)C)CCCCCCC(=O)OC)CCC=C(C)C. The van der Waals surface area contributed by atoms with E-state index in [4.69, 9.17) is 9.47 Å². The molecule has 0 aliphatic carbocycles. The van der Waals surface area contributed by atoms with E-state index in [1.807, 2.05) is 0 Å². The Labute approximate surface area is 235 Å². The van der Waals surface area contributed by atoms with Crippen molar-refractivity contribution in [2.24, 2.45) is 0 Å². The van der Waals surface area contributed by atoms with Crippen LogP contribution in [0.4, 0.5) is 0 Å². The molecule has 4 nitrogen and oxygen atoms in total. The summed E-state index contributed by atoms with van der Waals surface area (Å²) in [6, 6.07) is 0. The van der Waals surface area contributed by atoms with Crippen molar-refractivity contribution in [3.05, 3.63) is 46.6 Å². The van der Waals surface area contributed by atoms with Crippen molar-refractivity contribution in [3.8, 4) is 0 Å². The van der Waals surface area contributed by atoms with E-state index >= 15 is 0 Å². The van der Waals surface area contributed by atoms with Crippen LogP contribution in [0.5, 0.6) is 0 Å². The molecular weight excluding hydrogens is 472 g/mol. The Morgan fingerprint density at radius 1 is 0.447 bits per heavy atom. The standard InChI is InChI=1S/C34H58O4/c1-29(2)19-17-25-31(21-11-7-9-13-27-33(35)37-5)23-15-16-24-32(26-18-20-30(3)4)22-12-8-10-14-28-34(36)38-6/h19-20,23-24H,7-18,21-22,25-28H2,1-6H3. The number of rotatable bonds is 23. The molecule has 38 heavy (non-hydrogen) atoms. The summed E-state index contributed by atoms with van der Waals surface area (Å²) < 4.78 is 9.47. The topological polar surface area (TPSA) is 52.6 Å². The maximum absolute atomic E-state index is 11.3. The minimum absolute atomic E-state index is 0.0980. The van der Waals surface area contributed by atoms with Crippen molar-refractivity contribution in [1.82, 2.24) is 0 Å². The van der Waals surface area contributed by atoms with Gasteiger partial charge in [0.25, 0.3) is 0 Å². The number of hydrogen-bond donors (Lipinski definition) is 0. The number of carbonyl (C=O) groups excluding carboxylic acids is 2. The van der Waals surface area contributed by atoms with Gasteiger partial charge >= 0.3 is 11.9 Å². The Hall–Kier alpha value is -2.10. The number of hydrogen-bond acceptors (Lipinski definition) is 4. The van der Waals surface area contributed by atoms with Gasteiger partial charge in [0.2, 0.25) is 0 Å². The number of methoxy groups -OCH3 is 2. The molecule has 0 spiro atoms. The lowest BCUT2D eigenvalue weighted by Gasteiger charge is -2.09. The Kier molecular flexibility index (Phi) is 23.8. The monoisotopic (exact) mass is 530 g/mol. The van der Waals surface area contributed by atoms with Crippen LogP contribution in [0.15, 0.2) is 46.6 Å². The van der Waals surface area contributed by atoms with Gasteiger partial charge in [0.15, 0.2) is 0 Å². The predicted molar refractivity (Wildman–Crippen MR) is 162 cm³/mol. The van der Waals surface area contributed by atoms with Crippen LogP contribution in [-0.2, 0) is 19.1 Å². The van der Waals surface area contributed by atoms with Crippen LogP contribution >= 0.6 is 0 Å². The summed E-state index contributed by atoms with van der Waals surface area (Å²) in [5.41, 5.74) is 5.95. The molecule has 0 radical (unpaired) electrons. The average Bonchev–Trinajstić information content (AvgIpc) is 2.88. The molecule has 218 valence electrons. The van der Waals surface area contributed by atoms with Crippen LogP contribution in [0.3, 0.4) is 0 Å². The fraction of sp³-hybridized carbons (Fsp3) is 0.706.